The zero-order valence-corrected chi connectivity index (χ0v) is 12.4. The summed E-state index contributed by atoms with van der Waals surface area (Å²) in [6.45, 7) is 4.90. The molecule has 0 bridgehead atoms. The minimum absolute atomic E-state index is 0. The third kappa shape index (κ3) is 18.8. The molecule has 2 N–H and O–H groups in total. The van der Waals surface area contributed by atoms with Crippen LogP contribution in [-0.4, -0.2) is 19.8 Å². The largest absolute Gasteiger partial charge is 0.381 e. The number of ether oxygens (including phenoxy) is 1. The van der Waals surface area contributed by atoms with E-state index in [9.17, 15) is 0 Å². The van der Waals surface area contributed by atoms with E-state index in [1.165, 1.54) is 51.4 Å². The Kier molecular flexibility index (Phi) is 21.4. The van der Waals surface area contributed by atoms with Crippen molar-refractivity contribution >= 4 is 12.4 Å². The van der Waals surface area contributed by atoms with E-state index in [4.69, 9.17) is 10.5 Å². The summed E-state index contributed by atoms with van der Waals surface area (Å²) >= 11 is 0. The Bertz CT molecular complexity index is 109. The molecule has 0 aromatic heterocycles. The van der Waals surface area contributed by atoms with Gasteiger partial charge in [-0.25, -0.2) is 0 Å². The molecule has 0 heterocycles. The van der Waals surface area contributed by atoms with Crippen LogP contribution in [0.1, 0.15) is 71.1 Å². The monoisotopic (exact) mass is 265 g/mol. The molecule has 0 aromatic carbocycles. The van der Waals surface area contributed by atoms with E-state index in [0.29, 0.717) is 0 Å². The SMILES string of the molecule is CCCCCCCCCCOCCCCN.Cl. The average molecular weight is 266 g/mol. The molecular formula is C14H32ClNO. The Balaban J connectivity index is 0. The predicted octanol–water partition coefficient (Wildman–Crippen LogP) is 4.30. The lowest BCUT2D eigenvalue weighted by atomic mass is 10.1. The minimum Gasteiger partial charge on any atom is -0.381 e. The summed E-state index contributed by atoms with van der Waals surface area (Å²) < 4.78 is 5.53. The van der Waals surface area contributed by atoms with Crippen molar-refractivity contribution in [2.24, 2.45) is 5.73 Å². The van der Waals surface area contributed by atoms with Crippen molar-refractivity contribution in [2.45, 2.75) is 71.1 Å². The van der Waals surface area contributed by atoms with E-state index in [2.05, 4.69) is 6.92 Å². The van der Waals surface area contributed by atoms with Crippen LogP contribution in [0.15, 0.2) is 0 Å². The summed E-state index contributed by atoms with van der Waals surface area (Å²) in [7, 11) is 0. The van der Waals surface area contributed by atoms with Gasteiger partial charge < -0.3 is 10.5 Å². The second-order valence-electron chi connectivity index (χ2n) is 4.58. The van der Waals surface area contributed by atoms with Crippen LogP contribution in [0.3, 0.4) is 0 Å². The Morgan fingerprint density at radius 1 is 0.706 bits per heavy atom. The van der Waals surface area contributed by atoms with E-state index in [0.717, 1.165) is 32.6 Å². The molecule has 0 unspecified atom stereocenters. The standard InChI is InChI=1S/C14H31NO.ClH/c1-2-3-4-5-6-7-8-10-13-16-14-11-9-12-15;/h2-15H2,1H3;1H. The molecule has 0 aliphatic rings. The number of unbranched alkanes of at least 4 members (excludes halogenated alkanes) is 8. The second kappa shape index (κ2) is 18.6. The molecular weight excluding hydrogens is 234 g/mol. The van der Waals surface area contributed by atoms with Gasteiger partial charge in [-0.1, -0.05) is 51.9 Å². The highest BCUT2D eigenvalue weighted by molar-refractivity contribution is 5.85. The van der Waals surface area contributed by atoms with Crippen molar-refractivity contribution in [3.05, 3.63) is 0 Å². The molecule has 106 valence electrons. The highest BCUT2D eigenvalue weighted by Crippen LogP contribution is 2.08. The molecule has 0 saturated carbocycles. The number of halogens is 1. The summed E-state index contributed by atoms with van der Waals surface area (Å²) in [4.78, 5) is 0. The van der Waals surface area contributed by atoms with Crippen LogP contribution < -0.4 is 5.73 Å². The molecule has 0 spiro atoms. The van der Waals surface area contributed by atoms with Gasteiger partial charge in [-0.05, 0) is 25.8 Å². The zero-order valence-electron chi connectivity index (χ0n) is 11.6. The molecule has 0 aliphatic carbocycles. The smallest absolute Gasteiger partial charge is 0.0466 e. The Labute approximate surface area is 114 Å². The topological polar surface area (TPSA) is 35.2 Å². The lowest BCUT2D eigenvalue weighted by Crippen LogP contribution is -2.02. The maximum absolute atomic E-state index is 5.53. The number of nitrogens with two attached hydrogens (primary N) is 1. The molecule has 3 heteroatoms. The molecule has 0 atom stereocenters. The van der Waals surface area contributed by atoms with Gasteiger partial charge in [0.1, 0.15) is 0 Å². The van der Waals surface area contributed by atoms with E-state index in [-0.39, 0.29) is 12.4 Å². The fourth-order valence-electron chi connectivity index (χ4n) is 1.79. The highest BCUT2D eigenvalue weighted by Gasteiger charge is 1.92. The second-order valence-corrected chi connectivity index (χ2v) is 4.58. The third-order valence-electron chi connectivity index (χ3n) is 2.89. The van der Waals surface area contributed by atoms with Gasteiger partial charge in [-0.2, -0.15) is 0 Å². The maximum atomic E-state index is 5.53. The van der Waals surface area contributed by atoms with Crippen LogP contribution in [0.5, 0.6) is 0 Å². The van der Waals surface area contributed by atoms with Crippen LogP contribution in [-0.2, 0) is 4.74 Å². The normalized spacial score (nSPS) is 10.2. The molecule has 0 fully saturated rings. The van der Waals surface area contributed by atoms with Gasteiger partial charge in [-0.3, -0.25) is 0 Å². The van der Waals surface area contributed by atoms with Crippen molar-refractivity contribution < 1.29 is 4.74 Å². The molecule has 0 aromatic rings. The molecule has 0 aliphatic heterocycles. The van der Waals surface area contributed by atoms with Crippen molar-refractivity contribution in [3.63, 3.8) is 0 Å². The zero-order chi connectivity index (χ0) is 11.9. The lowest BCUT2D eigenvalue weighted by molar-refractivity contribution is 0.126. The van der Waals surface area contributed by atoms with Gasteiger partial charge in [0.25, 0.3) is 0 Å². The minimum atomic E-state index is 0. The summed E-state index contributed by atoms with van der Waals surface area (Å²) in [6.07, 6.45) is 13.2. The molecule has 17 heavy (non-hydrogen) atoms. The first-order valence-corrected chi connectivity index (χ1v) is 7.19. The molecule has 0 radical (unpaired) electrons. The van der Waals surface area contributed by atoms with E-state index in [1.54, 1.807) is 0 Å². The first-order chi connectivity index (χ1) is 7.91. The van der Waals surface area contributed by atoms with Crippen LogP contribution in [0.4, 0.5) is 0 Å². The summed E-state index contributed by atoms with van der Waals surface area (Å²) in [6, 6.07) is 0. The fraction of sp³-hybridized carbons (Fsp3) is 1.00. The molecule has 0 amide bonds. The quantitative estimate of drug-likeness (QED) is 0.504. The van der Waals surface area contributed by atoms with Crippen LogP contribution in [0.25, 0.3) is 0 Å². The van der Waals surface area contributed by atoms with Gasteiger partial charge in [-0.15, -0.1) is 12.4 Å². The number of rotatable bonds is 13. The fourth-order valence-corrected chi connectivity index (χ4v) is 1.79. The third-order valence-corrected chi connectivity index (χ3v) is 2.89. The first-order valence-electron chi connectivity index (χ1n) is 7.19. The lowest BCUT2D eigenvalue weighted by Gasteiger charge is -2.04. The van der Waals surface area contributed by atoms with Gasteiger partial charge >= 0.3 is 0 Å². The van der Waals surface area contributed by atoms with Gasteiger partial charge in [0, 0.05) is 13.2 Å². The number of hydrogen-bond acceptors (Lipinski definition) is 2. The molecule has 0 rings (SSSR count). The van der Waals surface area contributed by atoms with Crippen molar-refractivity contribution in [2.75, 3.05) is 19.8 Å². The van der Waals surface area contributed by atoms with Gasteiger partial charge in [0.15, 0.2) is 0 Å². The van der Waals surface area contributed by atoms with E-state index in [1.807, 2.05) is 0 Å². The van der Waals surface area contributed by atoms with Crippen LogP contribution in [0.2, 0.25) is 0 Å². The molecule has 0 saturated heterocycles. The van der Waals surface area contributed by atoms with Crippen molar-refractivity contribution in [1.82, 2.24) is 0 Å². The van der Waals surface area contributed by atoms with E-state index >= 15 is 0 Å². The summed E-state index contributed by atoms with van der Waals surface area (Å²) in [5.41, 5.74) is 5.40. The van der Waals surface area contributed by atoms with Gasteiger partial charge in [0.05, 0.1) is 0 Å². The Hall–Kier alpha value is 0.210. The Morgan fingerprint density at radius 3 is 1.71 bits per heavy atom. The molecule has 2 nitrogen and oxygen atoms in total. The average Bonchev–Trinajstić information content (AvgIpc) is 2.31. The van der Waals surface area contributed by atoms with Crippen LogP contribution in [0, 0.1) is 0 Å². The van der Waals surface area contributed by atoms with Crippen LogP contribution >= 0.6 is 12.4 Å². The highest BCUT2D eigenvalue weighted by atomic mass is 35.5. The maximum Gasteiger partial charge on any atom is 0.0466 e. The predicted molar refractivity (Wildman–Crippen MR) is 79.0 cm³/mol. The summed E-state index contributed by atoms with van der Waals surface area (Å²) in [5.74, 6) is 0. The first kappa shape index (κ1) is 19.5. The van der Waals surface area contributed by atoms with Crippen molar-refractivity contribution in [1.29, 1.82) is 0 Å². The number of hydrogen-bond donors (Lipinski definition) is 1. The Morgan fingerprint density at radius 2 is 1.18 bits per heavy atom. The van der Waals surface area contributed by atoms with E-state index < -0.39 is 0 Å². The summed E-state index contributed by atoms with van der Waals surface area (Å²) in [5, 5.41) is 0. The van der Waals surface area contributed by atoms with Crippen molar-refractivity contribution in [3.8, 4) is 0 Å². The van der Waals surface area contributed by atoms with Gasteiger partial charge in [0.2, 0.25) is 0 Å².